The van der Waals surface area contributed by atoms with Crippen molar-refractivity contribution in [2.75, 3.05) is 5.32 Å². The van der Waals surface area contributed by atoms with E-state index in [-0.39, 0.29) is 23.5 Å². The number of furan rings is 1. The molecule has 0 spiro atoms. The fourth-order valence-corrected chi connectivity index (χ4v) is 2.50. The van der Waals surface area contributed by atoms with E-state index >= 15 is 0 Å². The zero-order valence-corrected chi connectivity index (χ0v) is 15.8. The fraction of sp³-hybridized carbons (Fsp3) is 0.350. The van der Waals surface area contributed by atoms with Crippen LogP contribution in [0.5, 0.6) is 0 Å². The van der Waals surface area contributed by atoms with E-state index in [1.54, 1.807) is 52.0 Å². The summed E-state index contributed by atoms with van der Waals surface area (Å²) in [6.45, 7) is 7.08. The molecule has 7 nitrogen and oxygen atoms in total. The summed E-state index contributed by atoms with van der Waals surface area (Å²) >= 11 is 0. The summed E-state index contributed by atoms with van der Waals surface area (Å²) in [5, 5.41) is 11.8. The molecule has 0 atom stereocenters. The summed E-state index contributed by atoms with van der Waals surface area (Å²) in [5.41, 5.74) is 0.373. The third-order valence-corrected chi connectivity index (χ3v) is 3.60. The number of carbonyl (C=O) groups is 3. The van der Waals surface area contributed by atoms with Crippen LogP contribution in [0.25, 0.3) is 0 Å². The molecule has 2 aromatic rings. The Bertz CT molecular complexity index is 860. The normalized spacial score (nSPS) is 11.1. The molecule has 0 unspecified atom stereocenters. The molecular weight excluding hydrogens is 350 g/mol. The summed E-state index contributed by atoms with van der Waals surface area (Å²) < 4.78 is 10.7. The molecule has 27 heavy (non-hydrogen) atoms. The Morgan fingerprint density at radius 2 is 1.85 bits per heavy atom. The van der Waals surface area contributed by atoms with Gasteiger partial charge in [0.2, 0.25) is 0 Å². The average Bonchev–Trinajstić information content (AvgIpc) is 2.99. The van der Waals surface area contributed by atoms with Crippen LogP contribution < -0.4 is 5.32 Å². The molecule has 1 aromatic carbocycles. The van der Waals surface area contributed by atoms with Crippen LogP contribution in [0.1, 0.15) is 59.9 Å². The highest BCUT2D eigenvalue weighted by molar-refractivity contribution is 6.04. The second-order valence-electron chi connectivity index (χ2n) is 6.98. The van der Waals surface area contributed by atoms with Gasteiger partial charge in [-0.15, -0.1) is 0 Å². The minimum Gasteiger partial charge on any atom is -0.478 e. The van der Waals surface area contributed by atoms with Gasteiger partial charge in [0.1, 0.15) is 16.9 Å². The number of para-hydroxylation sites is 1. The minimum absolute atomic E-state index is 0.00748. The molecule has 1 aromatic heterocycles. The smallest absolute Gasteiger partial charge is 0.339 e. The third kappa shape index (κ3) is 5.44. The first-order valence-corrected chi connectivity index (χ1v) is 8.57. The predicted octanol–water partition coefficient (Wildman–Crippen LogP) is 3.68. The van der Waals surface area contributed by atoms with Gasteiger partial charge < -0.3 is 19.6 Å². The Hall–Kier alpha value is -3.09. The first kappa shape index (κ1) is 20.2. The van der Waals surface area contributed by atoms with Crippen LogP contribution in [0.4, 0.5) is 5.69 Å². The molecule has 2 rings (SSSR count). The van der Waals surface area contributed by atoms with Gasteiger partial charge in [0.25, 0.3) is 5.91 Å². The van der Waals surface area contributed by atoms with E-state index in [1.165, 1.54) is 6.07 Å². The summed E-state index contributed by atoms with van der Waals surface area (Å²) in [6, 6.07) is 8.03. The zero-order valence-electron chi connectivity index (χ0n) is 15.8. The van der Waals surface area contributed by atoms with E-state index in [9.17, 15) is 19.5 Å². The Labute approximate surface area is 157 Å². The summed E-state index contributed by atoms with van der Waals surface area (Å²) in [5.74, 6) is -2.02. The fourth-order valence-electron chi connectivity index (χ4n) is 2.50. The van der Waals surface area contributed by atoms with Crippen LogP contribution in [0.3, 0.4) is 0 Å². The van der Waals surface area contributed by atoms with Crippen LogP contribution in [-0.2, 0) is 22.4 Å². The number of benzene rings is 1. The van der Waals surface area contributed by atoms with Crippen molar-refractivity contribution in [3.05, 3.63) is 53.0 Å². The van der Waals surface area contributed by atoms with Crippen molar-refractivity contribution in [2.24, 2.45) is 0 Å². The topological polar surface area (TPSA) is 106 Å². The molecule has 2 N–H and O–H groups in total. The summed E-state index contributed by atoms with van der Waals surface area (Å²) in [4.78, 5) is 35.8. The number of hydrogen-bond donors (Lipinski definition) is 2. The number of esters is 1. The molecule has 1 heterocycles. The molecule has 0 aliphatic rings. The molecule has 144 valence electrons. The number of amides is 1. The highest BCUT2D eigenvalue weighted by Gasteiger charge is 2.22. The number of carboxylic acid groups (broad SMARTS) is 1. The van der Waals surface area contributed by atoms with Gasteiger partial charge in [-0.25, -0.2) is 4.79 Å². The standard InChI is InChI=1S/C20H23NO6/c1-5-15-13(19(24)25)11-16(26-15)18(23)21-14-9-7-6-8-12(14)10-17(22)27-20(2,3)4/h6-9,11H,5,10H2,1-4H3,(H,21,23)(H,24,25). The van der Waals surface area contributed by atoms with Crippen LogP contribution >= 0.6 is 0 Å². The van der Waals surface area contributed by atoms with Crippen molar-refractivity contribution in [3.63, 3.8) is 0 Å². The Morgan fingerprint density at radius 1 is 1.19 bits per heavy atom. The highest BCUT2D eigenvalue weighted by Crippen LogP contribution is 2.21. The molecule has 0 bridgehead atoms. The SMILES string of the molecule is CCc1oc(C(=O)Nc2ccccc2CC(=O)OC(C)(C)C)cc1C(=O)O. The monoisotopic (exact) mass is 373 g/mol. The lowest BCUT2D eigenvalue weighted by Crippen LogP contribution is -2.25. The van der Waals surface area contributed by atoms with Gasteiger partial charge in [-0.1, -0.05) is 25.1 Å². The molecule has 0 radical (unpaired) electrons. The summed E-state index contributed by atoms with van der Waals surface area (Å²) in [6.07, 6.45) is 0.344. The molecule has 0 aliphatic carbocycles. The van der Waals surface area contributed by atoms with Crippen LogP contribution in [0.15, 0.2) is 34.7 Å². The number of hydrogen-bond acceptors (Lipinski definition) is 5. The quantitative estimate of drug-likeness (QED) is 0.748. The van der Waals surface area contributed by atoms with Crippen LogP contribution in [0, 0.1) is 0 Å². The van der Waals surface area contributed by atoms with Gasteiger partial charge in [0, 0.05) is 18.2 Å². The van der Waals surface area contributed by atoms with Crippen LogP contribution in [-0.4, -0.2) is 28.6 Å². The van der Waals surface area contributed by atoms with Crippen molar-refractivity contribution in [2.45, 2.75) is 46.1 Å². The van der Waals surface area contributed by atoms with E-state index in [1.807, 2.05) is 0 Å². The number of aromatic carboxylic acids is 1. The average molecular weight is 373 g/mol. The van der Waals surface area contributed by atoms with Gasteiger partial charge in [0.05, 0.1) is 6.42 Å². The maximum absolute atomic E-state index is 12.5. The molecule has 0 saturated carbocycles. The van der Waals surface area contributed by atoms with E-state index in [4.69, 9.17) is 9.15 Å². The number of carbonyl (C=O) groups excluding carboxylic acids is 2. The largest absolute Gasteiger partial charge is 0.478 e. The predicted molar refractivity (Wildman–Crippen MR) is 99.0 cm³/mol. The van der Waals surface area contributed by atoms with E-state index in [0.29, 0.717) is 17.7 Å². The van der Waals surface area contributed by atoms with E-state index < -0.39 is 23.4 Å². The van der Waals surface area contributed by atoms with Crippen molar-refractivity contribution in [1.29, 1.82) is 0 Å². The molecule has 0 saturated heterocycles. The third-order valence-electron chi connectivity index (χ3n) is 3.60. The highest BCUT2D eigenvalue weighted by atomic mass is 16.6. The second kappa shape index (κ2) is 8.07. The molecule has 0 aliphatic heterocycles. The zero-order chi connectivity index (χ0) is 20.2. The number of rotatable bonds is 6. The number of anilines is 1. The van der Waals surface area contributed by atoms with Gasteiger partial charge >= 0.3 is 11.9 Å². The first-order chi connectivity index (χ1) is 12.6. The van der Waals surface area contributed by atoms with Crippen molar-refractivity contribution >= 4 is 23.5 Å². The van der Waals surface area contributed by atoms with Crippen molar-refractivity contribution in [1.82, 2.24) is 0 Å². The lowest BCUT2D eigenvalue weighted by molar-refractivity contribution is -0.153. The maximum Gasteiger partial charge on any atom is 0.339 e. The molecular formula is C20H23NO6. The van der Waals surface area contributed by atoms with Gasteiger partial charge in [-0.2, -0.15) is 0 Å². The van der Waals surface area contributed by atoms with E-state index in [2.05, 4.69) is 5.32 Å². The molecule has 0 fully saturated rings. The lowest BCUT2D eigenvalue weighted by atomic mass is 10.1. The van der Waals surface area contributed by atoms with Crippen molar-refractivity contribution in [3.8, 4) is 0 Å². The second-order valence-corrected chi connectivity index (χ2v) is 6.98. The van der Waals surface area contributed by atoms with Crippen LogP contribution in [0.2, 0.25) is 0 Å². The number of aryl methyl sites for hydroxylation is 1. The Morgan fingerprint density at radius 3 is 2.41 bits per heavy atom. The first-order valence-electron chi connectivity index (χ1n) is 8.57. The number of carboxylic acids is 1. The minimum atomic E-state index is -1.15. The Balaban J connectivity index is 2.19. The number of ether oxygens (including phenoxy) is 1. The molecule has 1 amide bonds. The number of nitrogens with one attached hydrogen (secondary N) is 1. The van der Waals surface area contributed by atoms with Gasteiger partial charge in [-0.05, 0) is 32.4 Å². The van der Waals surface area contributed by atoms with Crippen molar-refractivity contribution < 1.29 is 28.6 Å². The van der Waals surface area contributed by atoms with Gasteiger partial charge in [-0.3, -0.25) is 9.59 Å². The lowest BCUT2D eigenvalue weighted by Gasteiger charge is -2.20. The van der Waals surface area contributed by atoms with E-state index in [0.717, 1.165) is 0 Å². The molecule has 7 heteroatoms. The Kier molecular flexibility index (Phi) is 6.05. The van der Waals surface area contributed by atoms with Gasteiger partial charge in [0.15, 0.2) is 5.76 Å². The summed E-state index contributed by atoms with van der Waals surface area (Å²) in [7, 11) is 0. The maximum atomic E-state index is 12.5.